The summed E-state index contributed by atoms with van der Waals surface area (Å²) in [6.45, 7) is 6.19. The van der Waals surface area contributed by atoms with E-state index in [1.165, 1.54) is 31.3 Å². The van der Waals surface area contributed by atoms with Crippen LogP contribution < -0.4 is 4.90 Å². The summed E-state index contributed by atoms with van der Waals surface area (Å²) >= 11 is 1.44. The Bertz CT molecular complexity index is 417. The van der Waals surface area contributed by atoms with Gasteiger partial charge in [0.1, 0.15) is 4.88 Å². The lowest BCUT2D eigenvalue weighted by atomic mass is 10.1. The van der Waals surface area contributed by atoms with Gasteiger partial charge in [-0.25, -0.2) is 9.78 Å². The van der Waals surface area contributed by atoms with Gasteiger partial charge in [0, 0.05) is 13.1 Å². The number of esters is 1. The lowest BCUT2D eigenvalue weighted by Gasteiger charge is -2.13. The number of aryl methyl sites for hydroxylation is 1. The monoisotopic (exact) mass is 254 g/mol. The Morgan fingerprint density at radius 2 is 2.41 bits per heavy atom. The number of hydrogen-bond acceptors (Lipinski definition) is 5. The highest BCUT2D eigenvalue weighted by molar-refractivity contribution is 7.17. The van der Waals surface area contributed by atoms with Gasteiger partial charge in [-0.15, -0.1) is 0 Å². The van der Waals surface area contributed by atoms with Crippen molar-refractivity contribution in [3.05, 3.63) is 10.6 Å². The molecule has 5 heteroatoms. The molecule has 1 fully saturated rings. The van der Waals surface area contributed by atoms with Crippen molar-refractivity contribution in [2.45, 2.75) is 26.7 Å². The molecule has 0 radical (unpaired) electrons. The predicted molar refractivity (Wildman–Crippen MR) is 68.8 cm³/mol. The van der Waals surface area contributed by atoms with E-state index in [-0.39, 0.29) is 5.97 Å². The molecule has 0 bridgehead atoms. The largest absolute Gasteiger partial charge is 0.465 e. The number of thiazole rings is 1. The van der Waals surface area contributed by atoms with Crippen molar-refractivity contribution in [1.29, 1.82) is 0 Å². The molecule has 1 unspecified atom stereocenters. The van der Waals surface area contributed by atoms with E-state index in [9.17, 15) is 4.79 Å². The molecule has 1 aliphatic rings. The standard InChI is InChI=1S/C12H18N2O2S/c1-4-9-5-6-14(7-9)12-13-8(2)10(17-12)11(15)16-3/h9H,4-7H2,1-3H3. The molecule has 0 saturated carbocycles. The SMILES string of the molecule is CCC1CCN(c2nc(C)c(C(=O)OC)s2)C1. The summed E-state index contributed by atoms with van der Waals surface area (Å²) in [6.07, 6.45) is 2.44. The lowest BCUT2D eigenvalue weighted by molar-refractivity contribution is 0.0605. The lowest BCUT2D eigenvalue weighted by Crippen LogP contribution is -2.19. The van der Waals surface area contributed by atoms with Crippen molar-refractivity contribution < 1.29 is 9.53 Å². The molecule has 1 aliphatic heterocycles. The zero-order chi connectivity index (χ0) is 12.4. The van der Waals surface area contributed by atoms with E-state index in [0.717, 1.165) is 29.8 Å². The number of methoxy groups -OCH3 is 1. The quantitative estimate of drug-likeness (QED) is 0.777. The highest BCUT2D eigenvalue weighted by Crippen LogP contribution is 2.31. The van der Waals surface area contributed by atoms with Crippen molar-refractivity contribution in [3.8, 4) is 0 Å². The number of ether oxygens (including phenoxy) is 1. The Kier molecular flexibility index (Phi) is 3.66. The van der Waals surface area contributed by atoms with E-state index in [2.05, 4.69) is 16.8 Å². The smallest absolute Gasteiger partial charge is 0.350 e. The van der Waals surface area contributed by atoms with Crippen molar-refractivity contribution in [2.75, 3.05) is 25.1 Å². The molecule has 1 aromatic heterocycles. The molecule has 0 aromatic carbocycles. The minimum atomic E-state index is -0.280. The fourth-order valence-electron chi connectivity index (χ4n) is 2.14. The van der Waals surface area contributed by atoms with Crippen molar-refractivity contribution in [1.82, 2.24) is 4.98 Å². The molecule has 1 atom stereocenters. The second kappa shape index (κ2) is 5.04. The maximum Gasteiger partial charge on any atom is 0.350 e. The highest BCUT2D eigenvalue weighted by Gasteiger charge is 2.25. The summed E-state index contributed by atoms with van der Waals surface area (Å²) in [4.78, 5) is 18.9. The molecular formula is C12H18N2O2S. The molecule has 2 rings (SSSR count). The van der Waals surface area contributed by atoms with Crippen LogP contribution >= 0.6 is 11.3 Å². The third kappa shape index (κ3) is 2.44. The topological polar surface area (TPSA) is 42.4 Å². The zero-order valence-electron chi connectivity index (χ0n) is 10.5. The van der Waals surface area contributed by atoms with E-state index in [1.54, 1.807) is 0 Å². The Labute approximate surface area is 106 Å². The molecule has 1 aromatic rings. The molecule has 0 amide bonds. The van der Waals surface area contributed by atoms with E-state index in [4.69, 9.17) is 4.74 Å². The van der Waals surface area contributed by atoms with Crippen LogP contribution in [-0.4, -0.2) is 31.2 Å². The molecule has 1 saturated heterocycles. The summed E-state index contributed by atoms with van der Waals surface area (Å²) < 4.78 is 4.75. The van der Waals surface area contributed by atoms with Crippen LogP contribution in [0, 0.1) is 12.8 Å². The molecule has 0 aliphatic carbocycles. The molecule has 17 heavy (non-hydrogen) atoms. The summed E-state index contributed by atoms with van der Waals surface area (Å²) in [5.74, 6) is 0.485. The van der Waals surface area contributed by atoms with Gasteiger partial charge in [-0.2, -0.15) is 0 Å². The summed E-state index contributed by atoms with van der Waals surface area (Å²) in [5, 5.41) is 0.957. The van der Waals surface area contributed by atoms with E-state index in [0.29, 0.717) is 4.88 Å². The van der Waals surface area contributed by atoms with Crippen molar-refractivity contribution in [3.63, 3.8) is 0 Å². The maximum absolute atomic E-state index is 11.5. The minimum Gasteiger partial charge on any atom is -0.465 e. The van der Waals surface area contributed by atoms with E-state index < -0.39 is 0 Å². The van der Waals surface area contributed by atoms with Crippen molar-refractivity contribution >= 4 is 22.4 Å². The average Bonchev–Trinajstić information content (AvgIpc) is 2.94. The first-order valence-corrected chi connectivity index (χ1v) is 6.78. The maximum atomic E-state index is 11.5. The number of aromatic nitrogens is 1. The van der Waals surface area contributed by atoms with Gasteiger partial charge in [0.15, 0.2) is 5.13 Å². The predicted octanol–water partition coefficient (Wildman–Crippen LogP) is 2.47. The summed E-state index contributed by atoms with van der Waals surface area (Å²) in [6, 6.07) is 0. The van der Waals surface area contributed by atoms with Crippen LogP contribution in [-0.2, 0) is 4.74 Å². The summed E-state index contributed by atoms with van der Waals surface area (Å²) in [5.41, 5.74) is 0.775. The third-order valence-electron chi connectivity index (χ3n) is 3.29. The number of carbonyl (C=O) groups is 1. The fraction of sp³-hybridized carbons (Fsp3) is 0.667. The Hall–Kier alpha value is -1.10. The Morgan fingerprint density at radius 3 is 3.00 bits per heavy atom. The first kappa shape index (κ1) is 12.4. The Morgan fingerprint density at radius 1 is 1.65 bits per heavy atom. The van der Waals surface area contributed by atoms with Crippen LogP contribution in [0.2, 0.25) is 0 Å². The van der Waals surface area contributed by atoms with Gasteiger partial charge < -0.3 is 9.64 Å². The fourth-order valence-corrected chi connectivity index (χ4v) is 3.16. The highest BCUT2D eigenvalue weighted by atomic mass is 32.1. The first-order valence-electron chi connectivity index (χ1n) is 5.96. The van der Waals surface area contributed by atoms with Crippen LogP contribution in [0.15, 0.2) is 0 Å². The molecule has 0 N–H and O–H groups in total. The molecule has 4 nitrogen and oxygen atoms in total. The second-order valence-corrected chi connectivity index (χ2v) is 5.39. The number of anilines is 1. The molecule has 0 spiro atoms. The summed E-state index contributed by atoms with van der Waals surface area (Å²) in [7, 11) is 1.41. The first-order chi connectivity index (χ1) is 8.15. The van der Waals surface area contributed by atoms with Crippen LogP contribution in [0.5, 0.6) is 0 Å². The zero-order valence-corrected chi connectivity index (χ0v) is 11.3. The van der Waals surface area contributed by atoms with Gasteiger partial charge in [0.05, 0.1) is 12.8 Å². The average molecular weight is 254 g/mol. The van der Waals surface area contributed by atoms with Crippen LogP contribution in [0.3, 0.4) is 0 Å². The van der Waals surface area contributed by atoms with Gasteiger partial charge in [0.25, 0.3) is 0 Å². The van der Waals surface area contributed by atoms with Gasteiger partial charge >= 0.3 is 5.97 Å². The number of rotatable bonds is 3. The van der Waals surface area contributed by atoms with Gasteiger partial charge in [-0.3, -0.25) is 0 Å². The van der Waals surface area contributed by atoms with Crippen LogP contribution in [0.4, 0.5) is 5.13 Å². The minimum absolute atomic E-state index is 0.280. The van der Waals surface area contributed by atoms with E-state index >= 15 is 0 Å². The number of carbonyl (C=O) groups excluding carboxylic acids is 1. The molecule has 2 heterocycles. The normalized spacial score (nSPS) is 19.7. The number of hydrogen-bond donors (Lipinski definition) is 0. The number of nitrogens with zero attached hydrogens (tertiary/aromatic N) is 2. The van der Waals surface area contributed by atoms with Gasteiger partial charge in [-0.05, 0) is 19.3 Å². The van der Waals surface area contributed by atoms with Gasteiger partial charge in [-0.1, -0.05) is 24.7 Å². The van der Waals surface area contributed by atoms with E-state index in [1.807, 2.05) is 6.92 Å². The van der Waals surface area contributed by atoms with Gasteiger partial charge in [0.2, 0.25) is 0 Å². The van der Waals surface area contributed by atoms with Crippen molar-refractivity contribution in [2.24, 2.45) is 5.92 Å². The second-order valence-electron chi connectivity index (χ2n) is 4.41. The third-order valence-corrected chi connectivity index (χ3v) is 4.49. The Balaban J connectivity index is 2.15. The van der Waals surface area contributed by atoms with Crippen LogP contribution in [0.25, 0.3) is 0 Å². The van der Waals surface area contributed by atoms with Crippen LogP contribution in [0.1, 0.15) is 35.1 Å². The molecular weight excluding hydrogens is 236 g/mol. The molecule has 94 valence electrons.